The molecule has 0 aliphatic rings. The summed E-state index contributed by atoms with van der Waals surface area (Å²) in [6, 6.07) is 0.546. The first-order valence-corrected chi connectivity index (χ1v) is 7.21. The molecule has 2 unspecified atom stereocenters. The highest BCUT2D eigenvalue weighted by Crippen LogP contribution is 2.30. The topological polar surface area (TPSA) is 29.9 Å². The van der Waals surface area contributed by atoms with Crippen LogP contribution in [0.25, 0.3) is 0 Å². The molecule has 4 heteroatoms. The summed E-state index contributed by atoms with van der Waals surface area (Å²) < 4.78 is 3.21. The number of aryl methyl sites for hydroxylation is 1. The highest BCUT2D eigenvalue weighted by atomic mass is 79.9. The van der Waals surface area contributed by atoms with Gasteiger partial charge in [0.1, 0.15) is 0 Å². The number of hydrogen-bond donors (Lipinski definition) is 1. The minimum Gasteiger partial charge on any atom is -0.314 e. The molecule has 1 aromatic heterocycles. The molecule has 0 radical (unpaired) electrons. The molecule has 1 rings (SSSR count). The van der Waals surface area contributed by atoms with Crippen molar-refractivity contribution in [2.24, 2.45) is 5.92 Å². The quantitative estimate of drug-likeness (QED) is 0.873. The Morgan fingerprint density at radius 2 is 2.00 bits per heavy atom. The Kier molecular flexibility index (Phi) is 5.67. The van der Waals surface area contributed by atoms with Crippen molar-refractivity contribution >= 4 is 15.9 Å². The third kappa shape index (κ3) is 3.81. The summed E-state index contributed by atoms with van der Waals surface area (Å²) in [6.45, 7) is 13.0. The lowest BCUT2D eigenvalue weighted by Crippen LogP contribution is -2.30. The van der Waals surface area contributed by atoms with Crippen LogP contribution in [0.15, 0.2) is 10.7 Å². The molecule has 3 nitrogen and oxygen atoms in total. The Morgan fingerprint density at radius 1 is 1.35 bits per heavy atom. The molecule has 98 valence electrons. The minimum atomic E-state index is 0.498. The van der Waals surface area contributed by atoms with Crippen LogP contribution in [0.5, 0.6) is 0 Å². The van der Waals surface area contributed by atoms with E-state index in [4.69, 9.17) is 0 Å². The van der Waals surface area contributed by atoms with Gasteiger partial charge >= 0.3 is 0 Å². The molecule has 2 atom stereocenters. The van der Waals surface area contributed by atoms with Crippen molar-refractivity contribution in [3.63, 3.8) is 0 Å². The van der Waals surface area contributed by atoms with Gasteiger partial charge in [-0.3, -0.25) is 4.68 Å². The molecule has 17 heavy (non-hydrogen) atoms. The average Bonchev–Trinajstić information content (AvgIpc) is 2.66. The van der Waals surface area contributed by atoms with E-state index in [1.54, 1.807) is 0 Å². The Hall–Kier alpha value is -0.350. The van der Waals surface area contributed by atoms with Crippen molar-refractivity contribution < 1.29 is 0 Å². The van der Waals surface area contributed by atoms with E-state index in [2.05, 4.69) is 65.6 Å². The number of halogens is 1. The van der Waals surface area contributed by atoms with E-state index in [0.717, 1.165) is 17.6 Å². The normalized spacial score (nSPS) is 15.2. The summed E-state index contributed by atoms with van der Waals surface area (Å²) in [4.78, 5) is 0. The predicted molar refractivity (Wildman–Crippen MR) is 76.3 cm³/mol. The summed E-state index contributed by atoms with van der Waals surface area (Å²) in [5.41, 5.74) is 1.31. The van der Waals surface area contributed by atoms with Crippen molar-refractivity contribution in [2.75, 3.05) is 6.54 Å². The predicted octanol–water partition coefficient (Wildman–Crippen LogP) is 3.40. The van der Waals surface area contributed by atoms with Crippen LogP contribution in [0.1, 0.15) is 46.2 Å². The number of aromatic nitrogens is 2. The fourth-order valence-electron chi connectivity index (χ4n) is 1.94. The third-order valence-electron chi connectivity index (χ3n) is 3.27. The van der Waals surface area contributed by atoms with Crippen LogP contribution in [0.3, 0.4) is 0 Å². The lowest BCUT2D eigenvalue weighted by atomic mass is 9.92. The van der Waals surface area contributed by atoms with Crippen molar-refractivity contribution in [3.05, 3.63) is 16.4 Å². The summed E-state index contributed by atoms with van der Waals surface area (Å²) in [5, 5.41) is 7.88. The van der Waals surface area contributed by atoms with E-state index in [0.29, 0.717) is 17.9 Å². The van der Waals surface area contributed by atoms with Gasteiger partial charge in [-0.15, -0.1) is 0 Å². The first kappa shape index (κ1) is 14.7. The van der Waals surface area contributed by atoms with Crippen molar-refractivity contribution in [3.8, 4) is 0 Å². The second-order valence-electron chi connectivity index (χ2n) is 5.02. The van der Waals surface area contributed by atoms with Crippen molar-refractivity contribution in [1.82, 2.24) is 15.1 Å². The van der Waals surface area contributed by atoms with Gasteiger partial charge in [0.2, 0.25) is 0 Å². The molecule has 0 amide bonds. The molecule has 1 heterocycles. The fourth-order valence-corrected chi connectivity index (χ4v) is 2.60. The average molecular weight is 302 g/mol. The fraction of sp³-hybridized carbons (Fsp3) is 0.769. The van der Waals surface area contributed by atoms with Crippen LogP contribution in [-0.2, 0) is 6.54 Å². The standard InChI is InChI=1S/C13H24BrN3/c1-6-17-13(12(14)8-16-17)11(5)10(4)7-15-9(2)3/h8-11,15H,6-7H2,1-5H3. The number of rotatable bonds is 6. The summed E-state index contributed by atoms with van der Waals surface area (Å²) in [7, 11) is 0. The smallest absolute Gasteiger partial charge is 0.0635 e. The number of nitrogens with one attached hydrogen (secondary N) is 1. The van der Waals surface area contributed by atoms with Gasteiger partial charge < -0.3 is 5.32 Å². The maximum absolute atomic E-state index is 4.38. The minimum absolute atomic E-state index is 0.498. The van der Waals surface area contributed by atoms with E-state index in [1.165, 1.54) is 5.69 Å². The van der Waals surface area contributed by atoms with Crippen LogP contribution in [0, 0.1) is 5.92 Å². The third-order valence-corrected chi connectivity index (χ3v) is 3.88. The molecule has 0 spiro atoms. The SMILES string of the molecule is CCn1ncc(Br)c1C(C)C(C)CNC(C)C. The van der Waals surface area contributed by atoms with Crippen LogP contribution >= 0.6 is 15.9 Å². The van der Waals surface area contributed by atoms with E-state index in [-0.39, 0.29) is 0 Å². The Labute approximate surface area is 113 Å². The summed E-state index contributed by atoms with van der Waals surface area (Å²) in [5.74, 6) is 1.09. The maximum Gasteiger partial charge on any atom is 0.0635 e. The van der Waals surface area contributed by atoms with Crippen LogP contribution < -0.4 is 5.32 Å². The second kappa shape index (κ2) is 6.55. The molecule has 1 aromatic rings. The molecule has 0 aliphatic heterocycles. The van der Waals surface area contributed by atoms with Gasteiger partial charge in [0, 0.05) is 18.5 Å². The molecule has 1 N–H and O–H groups in total. The van der Waals surface area contributed by atoms with E-state index in [9.17, 15) is 0 Å². The van der Waals surface area contributed by atoms with Crippen molar-refractivity contribution in [1.29, 1.82) is 0 Å². The monoisotopic (exact) mass is 301 g/mol. The maximum atomic E-state index is 4.38. The molecule has 0 aromatic carbocycles. The molecular weight excluding hydrogens is 278 g/mol. The zero-order valence-corrected chi connectivity index (χ0v) is 13.1. The van der Waals surface area contributed by atoms with Gasteiger partial charge in [0.15, 0.2) is 0 Å². The van der Waals surface area contributed by atoms with Gasteiger partial charge in [-0.2, -0.15) is 5.10 Å². The largest absolute Gasteiger partial charge is 0.314 e. The Bertz CT molecular complexity index is 346. The van der Waals surface area contributed by atoms with Crippen molar-refractivity contribution in [2.45, 2.75) is 53.1 Å². The van der Waals surface area contributed by atoms with Gasteiger partial charge in [0.25, 0.3) is 0 Å². The zero-order chi connectivity index (χ0) is 13.0. The van der Waals surface area contributed by atoms with Crippen LogP contribution in [-0.4, -0.2) is 22.4 Å². The van der Waals surface area contributed by atoms with Gasteiger partial charge in [0.05, 0.1) is 16.4 Å². The lowest BCUT2D eigenvalue weighted by molar-refractivity contribution is 0.406. The molecular formula is C13H24BrN3. The zero-order valence-electron chi connectivity index (χ0n) is 11.5. The molecule has 0 bridgehead atoms. The summed E-state index contributed by atoms with van der Waals surface area (Å²) >= 11 is 3.60. The van der Waals surface area contributed by atoms with Gasteiger partial charge in [-0.1, -0.05) is 27.7 Å². The van der Waals surface area contributed by atoms with E-state index >= 15 is 0 Å². The van der Waals surface area contributed by atoms with Crippen LogP contribution in [0.4, 0.5) is 0 Å². The Balaban J connectivity index is 2.73. The van der Waals surface area contributed by atoms with Crippen LogP contribution in [0.2, 0.25) is 0 Å². The van der Waals surface area contributed by atoms with E-state index < -0.39 is 0 Å². The highest BCUT2D eigenvalue weighted by Gasteiger charge is 2.21. The second-order valence-corrected chi connectivity index (χ2v) is 5.88. The molecule has 0 aliphatic carbocycles. The van der Waals surface area contributed by atoms with E-state index in [1.807, 2.05) is 6.20 Å². The lowest BCUT2D eigenvalue weighted by Gasteiger charge is -2.23. The molecule has 0 fully saturated rings. The molecule has 0 saturated carbocycles. The number of nitrogens with zero attached hydrogens (tertiary/aromatic N) is 2. The molecule has 0 saturated heterocycles. The van der Waals surface area contributed by atoms with Gasteiger partial charge in [-0.05, 0) is 35.3 Å². The first-order chi connectivity index (χ1) is 7.97. The highest BCUT2D eigenvalue weighted by molar-refractivity contribution is 9.10. The first-order valence-electron chi connectivity index (χ1n) is 6.41. The summed E-state index contributed by atoms with van der Waals surface area (Å²) in [6.07, 6.45) is 1.90. The van der Waals surface area contributed by atoms with Gasteiger partial charge in [-0.25, -0.2) is 0 Å². The Morgan fingerprint density at radius 3 is 2.53 bits per heavy atom. The number of hydrogen-bond acceptors (Lipinski definition) is 2.